The van der Waals surface area contributed by atoms with Crippen LogP contribution >= 0.6 is 0 Å². The molecule has 0 spiro atoms. The van der Waals surface area contributed by atoms with Crippen molar-refractivity contribution in [3.05, 3.63) is 47.1 Å². The number of halogens is 3. The zero-order valence-corrected chi connectivity index (χ0v) is 20.0. The molecule has 35 heavy (non-hydrogen) atoms. The van der Waals surface area contributed by atoms with Crippen molar-refractivity contribution < 1.29 is 27.3 Å². The maximum Gasteiger partial charge on any atom is 0.401 e. The molecule has 1 atom stereocenters. The maximum absolute atomic E-state index is 13.2. The Balaban J connectivity index is 1.79. The summed E-state index contributed by atoms with van der Waals surface area (Å²) in [5.74, 6) is -1.92. The topological polar surface area (TPSA) is 143 Å². The Morgan fingerprint density at radius 3 is 2.34 bits per heavy atom. The Morgan fingerprint density at radius 2 is 1.83 bits per heavy atom. The predicted octanol–water partition coefficient (Wildman–Crippen LogP) is 3.95. The number of nitrogens with two attached hydrogens (primary N) is 2. The number of primary amides is 1. The summed E-state index contributed by atoms with van der Waals surface area (Å²) in [6.07, 6.45) is -3.29. The number of Topliss-reactive ketones (excluding diaryl/α,β-unsaturated/α-hetero) is 1. The molecule has 0 bridgehead atoms. The lowest BCUT2D eigenvalue weighted by atomic mass is 9.89. The van der Waals surface area contributed by atoms with E-state index < -0.39 is 23.4 Å². The van der Waals surface area contributed by atoms with E-state index in [2.05, 4.69) is 15.2 Å². The van der Waals surface area contributed by atoms with Gasteiger partial charge in [-0.05, 0) is 46.8 Å². The number of ketones is 1. The summed E-state index contributed by atoms with van der Waals surface area (Å²) in [4.78, 5) is 29.0. The molecule has 0 fully saturated rings. The Labute approximate surface area is 199 Å². The number of hydrogen-bond acceptors (Lipinski definition) is 7. The van der Waals surface area contributed by atoms with Gasteiger partial charge in [0, 0.05) is 23.9 Å². The van der Waals surface area contributed by atoms with Crippen molar-refractivity contribution in [1.82, 2.24) is 19.9 Å². The van der Waals surface area contributed by atoms with E-state index in [9.17, 15) is 22.8 Å². The second-order valence-electron chi connectivity index (χ2n) is 9.15. The lowest BCUT2D eigenvalue weighted by Gasteiger charge is -2.24. The van der Waals surface area contributed by atoms with E-state index in [1.165, 1.54) is 10.9 Å². The van der Waals surface area contributed by atoms with Gasteiger partial charge < -0.3 is 16.0 Å². The Morgan fingerprint density at radius 1 is 1.17 bits per heavy atom. The summed E-state index contributed by atoms with van der Waals surface area (Å²) >= 11 is 0. The van der Waals surface area contributed by atoms with Gasteiger partial charge in [0.2, 0.25) is 0 Å². The molecule has 12 heteroatoms. The van der Waals surface area contributed by atoms with Crippen molar-refractivity contribution in [2.45, 2.75) is 64.6 Å². The van der Waals surface area contributed by atoms with Crippen LogP contribution in [0.2, 0.25) is 0 Å². The first-order valence-electron chi connectivity index (χ1n) is 10.8. The van der Waals surface area contributed by atoms with Gasteiger partial charge in [-0.15, -0.1) is 0 Å². The highest BCUT2D eigenvalue weighted by molar-refractivity contribution is 6.03. The van der Waals surface area contributed by atoms with Crippen molar-refractivity contribution in [3.63, 3.8) is 0 Å². The van der Waals surface area contributed by atoms with E-state index in [0.29, 0.717) is 11.3 Å². The minimum atomic E-state index is -4.53. The molecule has 3 aromatic rings. The SMILES string of the molecule is CC(C(=O)Cc1cc(C(C)(C)C(F)(F)F)on1)c1ccc(-c2nn(C(C)C)c(N)c2C(N)=O)cn1. The zero-order chi connectivity index (χ0) is 26.3. The molecule has 3 rings (SSSR count). The van der Waals surface area contributed by atoms with Gasteiger partial charge in [-0.2, -0.15) is 18.3 Å². The smallest absolute Gasteiger partial charge is 0.383 e. The fourth-order valence-electron chi connectivity index (χ4n) is 3.41. The molecule has 0 aliphatic carbocycles. The van der Waals surface area contributed by atoms with Gasteiger partial charge >= 0.3 is 6.18 Å². The molecule has 1 amide bonds. The summed E-state index contributed by atoms with van der Waals surface area (Å²) in [6, 6.07) is 4.29. The van der Waals surface area contributed by atoms with Crippen LogP contribution in [0, 0.1) is 0 Å². The van der Waals surface area contributed by atoms with E-state index in [-0.39, 0.29) is 46.8 Å². The van der Waals surface area contributed by atoms with Gasteiger partial charge in [-0.3, -0.25) is 14.6 Å². The minimum Gasteiger partial charge on any atom is -0.383 e. The summed E-state index contributed by atoms with van der Waals surface area (Å²) in [7, 11) is 0. The van der Waals surface area contributed by atoms with Crippen LogP contribution in [0.5, 0.6) is 0 Å². The zero-order valence-electron chi connectivity index (χ0n) is 20.0. The van der Waals surface area contributed by atoms with Crippen LogP contribution in [0.15, 0.2) is 28.9 Å². The number of nitrogens with zero attached hydrogens (tertiary/aromatic N) is 4. The number of carbonyl (C=O) groups is 2. The van der Waals surface area contributed by atoms with Gasteiger partial charge in [0.1, 0.15) is 28.3 Å². The average Bonchev–Trinajstić information content (AvgIpc) is 3.37. The highest BCUT2D eigenvalue weighted by atomic mass is 19.4. The first kappa shape index (κ1) is 25.9. The van der Waals surface area contributed by atoms with Crippen LogP contribution in [-0.2, 0) is 16.6 Å². The highest BCUT2D eigenvalue weighted by Crippen LogP contribution is 2.40. The van der Waals surface area contributed by atoms with Crippen LogP contribution in [-0.4, -0.2) is 37.8 Å². The lowest BCUT2D eigenvalue weighted by molar-refractivity contribution is -0.185. The molecule has 0 saturated heterocycles. The van der Waals surface area contributed by atoms with Gasteiger partial charge in [0.05, 0.1) is 23.7 Å². The van der Waals surface area contributed by atoms with Crippen LogP contribution < -0.4 is 11.5 Å². The highest BCUT2D eigenvalue weighted by Gasteiger charge is 2.51. The normalized spacial score (nSPS) is 13.3. The third kappa shape index (κ3) is 4.91. The Hall–Kier alpha value is -3.70. The van der Waals surface area contributed by atoms with E-state index >= 15 is 0 Å². The third-order valence-corrected chi connectivity index (χ3v) is 5.91. The molecule has 3 aromatic heterocycles. The van der Waals surface area contributed by atoms with Crippen LogP contribution in [0.4, 0.5) is 19.0 Å². The van der Waals surface area contributed by atoms with E-state index in [1.807, 2.05) is 13.8 Å². The largest absolute Gasteiger partial charge is 0.401 e. The van der Waals surface area contributed by atoms with Crippen molar-refractivity contribution in [2.75, 3.05) is 5.73 Å². The number of aromatic nitrogens is 4. The molecule has 1 unspecified atom stereocenters. The molecule has 0 saturated carbocycles. The molecule has 0 radical (unpaired) electrons. The number of anilines is 1. The number of amides is 1. The van der Waals surface area contributed by atoms with E-state index in [4.69, 9.17) is 16.0 Å². The molecule has 9 nitrogen and oxygen atoms in total. The minimum absolute atomic E-state index is 0.0843. The first-order chi connectivity index (χ1) is 16.1. The van der Waals surface area contributed by atoms with Gasteiger partial charge in [0.25, 0.3) is 5.91 Å². The average molecular weight is 493 g/mol. The molecule has 0 aromatic carbocycles. The monoisotopic (exact) mass is 492 g/mol. The molecule has 0 aliphatic heterocycles. The number of alkyl halides is 3. The van der Waals surface area contributed by atoms with Crippen LogP contribution in [0.3, 0.4) is 0 Å². The number of rotatable bonds is 8. The van der Waals surface area contributed by atoms with Gasteiger partial charge in [0.15, 0.2) is 5.76 Å². The fourth-order valence-corrected chi connectivity index (χ4v) is 3.41. The van der Waals surface area contributed by atoms with Crippen molar-refractivity contribution in [2.24, 2.45) is 5.73 Å². The van der Waals surface area contributed by atoms with E-state index in [1.54, 1.807) is 19.1 Å². The Kier molecular flexibility index (Phi) is 6.78. The second-order valence-corrected chi connectivity index (χ2v) is 9.15. The van der Waals surface area contributed by atoms with Crippen molar-refractivity contribution in [1.29, 1.82) is 0 Å². The molecule has 0 aliphatic rings. The summed E-state index contributed by atoms with van der Waals surface area (Å²) in [6.45, 7) is 7.30. The molecule has 3 heterocycles. The molecule has 4 N–H and O–H groups in total. The van der Waals surface area contributed by atoms with Gasteiger partial charge in [-0.25, -0.2) is 4.68 Å². The second kappa shape index (κ2) is 9.16. The number of carbonyl (C=O) groups excluding carboxylic acids is 2. The summed E-state index contributed by atoms with van der Waals surface area (Å²) in [5, 5.41) is 8.02. The maximum atomic E-state index is 13.2. The van der Waals surface area contributed by atoms with Crippen LogP contribution in [0.25, 0.3) is 11.3 Å². The first-order valence-corrected chi connectivity index (χ1v) is 10.8. The summed E-state index contributed by atoms with van der Waals surface area (Å²) in [5.41, 5.74) is 10.7. The quantitative estimate of drug-likeness (QED) is 0.485. The predicted molar refractivity (Wildman–Crippen MR) is 121 cm³/mol. The van der Waals surface area contributed by atoms with Crippen LogP contribution in [0.1, 0.15) is 74.1 Å². The fraction of sp³-hybridized carbons (Fsp3) is 0.435. The number of hydrogen-bond donors (Lipinski definition) is 2. The van der Waals surface area contributed by atoms with E-state index in [0.717, 1.165) is 19.9 Å². The van der Waals surface area contributed by atoms with Crippen molar-refractivity contribution >= 4 is 17.5 Å². The molecular weight excluding hydrogens is 465 g/mol. The van der Waals surface area contributed by atoms with Crippen molar-refractivity contribution in [3.8, 4) is 11.3 Å². The van der Waals surface area contributed by atoms with Gasteiger partial charge in [-0.1, -0.05) is 5.16 Å². The molecular formula is C23H27F3N6O3. The molecule has 188 valence electrons. The standard InChI is InChI=1S/C23H27F3N6O3/c1-11(2)32-20(27)18(21(28)34)19(30-32)13-6-7-15(29-10-13)12(3)16(33)8-14-9-17(35-31-14)22(4,5)23(24,25)26/h6-7,9-12H,8,27H2,1-5H3,(H2,28,34). The third-order valence-electron chi connectivity index (χ3n) is 5.91. The summed E-state index contributed by atoms with van der Waals surface area (Å²) < 4.78 is 46.0. The number of pyridine rings is 1. The lowest BCUT2D eigenvalue weighted by Crippen LogP contribution is -2.35. The number of nitrogen functional groups attached to an aromatic ring is 1. The Bertz CT molecular complexity index is 1240.